The number of rotatable bonds is 0. The molecule has 0 unspecified atom stereocenters. The number of benzene rings is 1. The minimum atomic E-state index is -1.15. The summed E-state index contributed by atoms with van der Waals surface area (Å²) < 4.78 is 6.10. The second kappa shape index (κ2) is 5.51. The van der Waals surface area contributed by atoms with E-state index in [-0.39, 0.29) is 24.2 Å². The summed E-state index contributed by atoms with van der Waals surface area (Å²) in [5.41, 5.74) is -2.51. The summed E-state index contributed by atoms with van der Waals surface area (Å²) >= 11 is 0. The van der Waals surface area contributed by atoms with Gasteiger partial charge in [-0.3, -0.25) is 19.6 Å². The van der Waals surface area contributed by atoms with Gasteiger partial charge >= 0.3 is 0 Å². The highest BCUT2D eigenvalue weighted by Gasteiger charge is 2.81. The number of anilines is 1. The molecule has 3 amide bonds. The van der Waals surface area contributed by atoms with Crippen molar-refractivity contribution in [3.8, 4) is 5.75 Å². The zero-order valence-corrected chi connectivity index (χ0v) is 19.9. The molecule has 2 bridgehead atoms. The van der Waals surface area contributed by atoms with Gasteiger partial charge < -0.3 is 15.0 Å². The monoisotopic (exact) mass is 463 g/mol. The number of hydrogen-bond acceptors (Lipinski definition) is 5. The number of amides is 3. The molecule has 2 N–H and O–H groups in total. The Kier molecular flexibility index (Phi) is 3.32. The fourth-order valence-electron chi connectivity index (χ4n) is 8.34. The van der Waals surface area contributed by atoms with E-state index in [1.54, 1.807) is 4.90 Å². The maximum absolute atomic E-state index is 14.0. The zero-order chi connectivity index (χ0) is 24.1. The van der Waals surface area contributed by atoms with Crippen LogP contribution in [0.2, 0.25) is 0 Å². The molecule has 1 aliphatic carbocycles. The van der Waals surface area contributed by atoms with Crippen LogP contribution >= 0.6 is 0 Å². The first-order chi connectivity index (χ1) is 15.9. The zero-order valence-electron chi connectivity index (χ0n) is 19.9. The van der Waals surface area contributed by atoms with Crippen molar-refractivity contribution < 1.29 is 24.3 Å². The van der Waals surface area contributed by atoms with Crippen LogP contribution in [0.3, 0.4) is 0 Å². The van der Waals surface area contributed by atoms with Gasteiger partial charge in [0, 0.05) is 18.0 Å². The number of piperazine rings is 1. The Labute approximate surface area is 197 Å². The van der Waals surface area contributed by atoms with Crippen LogP contribution in [-0.4, -0.2) is 51.1 Å². The lowest BCUT2D eigenvalue weighted by Gasteiger charge is -2.59. The number of carbonyl (C=O) groups is 3. The van der Waals surface area contributed by atoms with Crippen molar-refractivity contribution in [2.24, 2.45) is 11.3 Å². The third kappa shape index (κ3) is 1.87. The first kappa shape index (κ1) is 20.5. The predicted octanol–water partition coefficient (Wildman–Crippen LogP) is 2.52. The summed E-state index contributed by atoms with van der Waals surface area (Å²) in [6.07, 6.45) is 5.98. The van der Waals surface area contributed by atoms with Crippen molar-refractivity contribution in [3.63, 3.8) is 0 Å². The number of piperidine rings is 2. The molecule has 6 heterocycles. The number of fused-ring (bicyclic) bond motifs is 5. The summed E-state index contributed by atoms with van der Waals surface area (Å²) in [4.78, 5) is 43.1. The van der Waals surface area contributed by atoms with Crippen LogP contribution < -0.4 is 15.1 Å². The molecule has 6 aliphatic heterocycles. The fourth-order valence-corrected chi connectivity index (χ4v) is 8.34. The topological polar surface area (TPSA) is 99.2 Å². The van der Waals surface area contributed by atoms with Gasteiger partial charge in [0.25, 0.3) is 5.91 Å². The lowest BCUT2D eigenvalue weighted by Crippen LogP contribution is -2.81. The van der Waals surface area contributed by atoms with Gasteiger partial charge in [-0.1, -0.05) is 19.9 Å². The SMILES string of the molecule is CC1(C)C=Cc2c(ccc3c2N(O)C(=O)[C@]32C[C@@]34NC(=O)[C@]5(CCCN5C3=O)C[C@@H]4C2(C)C)O1. The minimum absolute atomic E-state index is 0.0699. The van der Waals surface area contributed by atoms with Gasteiger partial charge in [-0.15, -0.1) is 0 Å². The van der Waals surface area contributed by atoms with Crippen LogP contribution in [0.1, 0.15) is 64.5 Å². The summed E-state index contributed by atoms with van der Waals surface area (Å²) in [7, 11) is 0. The van der Waals surface area contributed by atoms with E-state index in [9.17, 15) is 19.6 Å². The first-order valence-electron chi connectivity index (χ1n) is 12.2. The van der Waals surface area contributed by atoms with Gasteiger partial charge in [0.15, 0.2) is 0 Å². The van der Waals surface area contributed by atoms with Crippen molar-refractivity contribution in [3.05, 3.63) is 29.3 Å². The van der Waals surface area contributed by atoms with Crippen LogP contribution in [0.15, 0.2) is 18.2 Å². The second-order valence-corrected chi connectivity index (χ2v) is 12.1. The molecule has 7 aliphatic rings. The molecule has 0 radical (unpaired) electrons. The first-order valence-corrected chi connectivity index (χ1v) is 12.2. The standard InChI is InChI=1S/C26H29N3O5/c1-22(2)10-8-14-16(34-22)7-6-15-18(14)29(33)20(31)25(15)13-26-17(23(25,3)4)12-24(19(30)27-26)9-5-11-28(24)21(26)32/h6-8,10,17,33H,5,9,11-13H2,1-4H3,(H,27,30)/t17-,24+,25+,26+/m1/s1. The Balaban J connectivity index is 1.46. The molecular weight excluding hydrogens is 434 g/mol. The number of ether oxygens (including phenoxy) is 1. The number of hydroxylamine groups is 1. The van der Waals surface area contributed by atoms with Crippen molar-refractivity contribution in [2.75, 3.05) is 11.6 Å². The maximum Gasteiger partial charge on any atom is 0.262 e. The second-order valence-electron chi connectivity index (χ2n) is 12.1. The molecule has 1 aromatic rings. The molecular formula is C26H29N3O5. The molecule has 178 valence electrons. The number of nitrogens with one attached hydrogen (secondary N) is 1. The van der Waals surface area contributed by atoms with Crippen molar-refractivity contribution in [1.29, 1.82) is 0 Å². The minimum Gasteiger partial charge on any atom is -0.483 e. The normalized spacial score (nSPS) is 39.7. The molecule has 1 aromatic carbocycles. The van der Waals surface area contributed by atoms with Crippen molar-refractivity contribution >= 4 is 29.5 Å². The summed E-state index contributed by atoms with van der Waals surface area (Å²) in [5.74, 6) is -0.217. The fraction of sp³-hybridized carbons (Fsp3) is 0.577. The highest BCUT2D eigenvalue weighted by atomic mass is 16.5. The maximum atomic E-state index is 14.0. The van der Waals surface area contributed by atoms with E-state index >= 15 is 0 Å². The molecule has 5 fully saturated rings. The van der Waals surface area contributed by atoms with Gasteiger partial charge in [0.1, 0.15) is 22.4 Å². The van der Waals surface area contributed by atoms with Crippen LogP contribution in [0.5, 0.6) is 5.75 Å². The highest BCUT2D eigenvalue weighted by Crippen LogP contribution is 2.71. The summed E-state index contributed by atoms with van der Waals surface area (Å²) in [5, 5.41) is 15.1. The Morgan fingerprint density at radius 1 is 1.12 bits per heavy atom. The number of carbonyl (C=O) groups excluding carboxylic acids is 3. The van der Waals surface area contributed by atoms with E-state index in [0.29, 0.717) is 42.0 Å². The van der Waals surface area contributed by atoms with Gasteiger partial charge in [0.2, 0.25) is 11.8 Å². The van der Waals surface area contributed by atoms with E-state index < -0.39 is 33.4 Å². The van der Waals surface area contributed by atoms with E-state index in [1.165, 1.54) is 0 Å². The summed E-state index contributed by atoms with van der Waals surface area (Å²) in [6, 6.07) is 3.73. The van der Waals surface area contributed by atoms with Gasteiger partial charge in [-0.2, -0.15) is 5.06 Å². The van der Waals surface area contributed by atoms with Crippen LogP contribution in [0.25, 0.3) is 6.08 Å². The molecule has 34 heavy (non-hydrogen) atoms. The van der Waals surface area contributed by atoms with Crippen molar-refractivity contribution in [2.45, 2.75) is 75.5 Å². The Morgan fingerprint density at radius 3 is 2.65 bits per heavy atom. The molecule has 4 atom stereocenters. The predicted molar refractivity (Wildman–Crippen MR) is 122 cm³/mol. The molecule has 8 rings (SSSR count). The van der Waals surface area contributed by atoms with Gasteiger partial charge in [-0.25, -0.2) is 0 Å². The summed E-state index contributed by atoms with van der Waals surface area (Å²) in [6.45, 7) is 8.53. The van der Waals surface area contributed by atoms with E-state index in [2.05, 4.69) is 5.32 Å². The molecule has 0 aromatic heterocycles. The number of hydrogen-bond donors (Lipinski definition) is 2. The molecule has 4 saturated heterocycles. The molecule has 8 nitrogen and oxygen atoms in total. The van der Waals surface area contributed by atoms with E-state index in [0.717, 1.165) is 11.5 Å². The third-order valence-electron chi connectivity index (χ3n) is 9.96. The van der Waals surface area contributed by atoms with Gasteiger partial charge in [-0.05, 0) is 68.7 Å². The van der Waals surface area contributed by atoms with Crippen molar-refractivity contribution in [1.82, 2.24) is 10.2 Å². The Hall–Kier alpha value is -2.87. The third-order valence-corrected chi connectivity index (χ3v) is 9.96. The lowest BCUT2D eigenvalue weighted by atomic mass is 9.57. The van der Waals surface area contributed by atoms with Crippen LogP contribution in [0.4, 0.5) is 5.69 Å². The lowest BCUT2D eigenvalue weighted by molar-refractivity contribution is -0.175. The quantitative estimate of drug-likeness (QED) is 0.576. The van der Waals surface area contributed by atoms with E-state index in [1.807, 2.05) is 52.0 Å². The highest BCUT2D eigenvalue weighted by molar-refractivity contribution is 6.13. The average molecular weight is 464 g/mol. The molecule has 1 saturated carbocycles. The van der Waals surface area contributed by atoms with Gasteiger partial charge in [0.05, 0.1) is 11.1 Å². The Morgan fingerprint density at radius 2 is 1.88 bits per heavy atom. The van der Waals surface area contributed by atoms with Crippen LogP contribution in [0, 0.1) is 11.3 Å². The number of nitrogens with zero attached hydrogens (tertiary/aromatic N) is 2. The van der Waals surface area contributed by atoms with E-state index in [4.69, 9.17) is 4.74 Å². The molecule has 8 heteroatoms. The largest absolute Gasteiger partial charge is 0.483 e. The molecule has 3 spiro atoms. The smallest absolute Gasteiger partial charge is 0.262 e. The van der Waals surface area contributed by atoms with Crippen LogP contribution in [-0.2, 0) is 19.8 Å². The average Bonchev–Trinajstić information content (AvgIpc) is 3.36. The Bertz CT molecular complexity index is 1270.